The van der Waals surface area contributed by atoms with E-state index in [1.165, 1.54) is 0 Å². The Bertz CT molecular complexity index is 990. The molecule has 0 spiro atoms. The van der Waals surface area contributed by atoms with Crippen LogP contribution in [0, 0.1) is 20.8 Å². The second-order valence-electron chi connectivity index (χ2n) is 6.96. The molecule has 5 heteroatoms. The van der Waals surface area contributed by atoms with Crippen molar-refractivity contribution >= 4 is 11.8 Å². The number of Topliss-reactive ketones (excluding diaryl/α,β-unsaturated/α-hetero) is 1. The van der Waals surface area contributed by atoms with Crippen molar-refractivity contribution in [1.82, 2.24) is 9.78 Å². The van der Waals surface area contributed by atoms with E-state index in [0.717, 1.165) is 27.9 Å². The molecule has 3 rings (SSSR count). The van der Waals surface area contributed by atoms with Crippen LogP contribution in [-0.2, 0) is 16.0 Å². The molecule has 0 radical (unpaired) electrons. The lowest BCUT2D eigenvalue weighted by atomic mass is 9.98. The molecule has 1 heterocycles. The minimum absolute atomic E-state index is 0.175. The number of para-hydroxylation sites is 1. The third-order valence-electron chi connectivity index (χ3n) is 4.78. The molecule has 0 amide bonds. The van der Waals surface area contributed by atoms with E-state index in [2.05, 4.69) is 5.10 Å². The van der Waals surface area contributed by atoms with E-state index in [9.17, 15) is 9.59 Å². The predicted molar refractivity (Wildman–Crippen MR) is 108 cm³/mol. The molecule has 0 aliphatic heterocycles. The Kier molecular flexibility index (Phi) is 6.04. The zero-order valence-corrected chi connectivity index (χ0v) is 16.4. The minimum atomic E-state index is -0.387. The van der Waals surface area contributed by atoms with Crippen molar-refractivity contribution in [1.29, 1.82) is 0 Å². The van der Waals surface area contributed by atoms with Gasteiger partial charge in [-0.3, -0.25) is 9.59 Å². The molecule has 28 heavy (non-hydrogen) atoms. The molecule has 5 nitrogen and oxygen atoms in total. The first-order valence-electron chi connectivity index (χ1n) is 9.29. The van der Waals surface area contributed by atoms with E-state index in [1.807, 2.05) is 69.4 Å². The molecule has 3 aromatic rings. The van der Waals surface area contributed by atoms with Gasteiger partial charge < -0.3 is 4.74 Å². The summed E-state index contributed by atoms with van der Waals surface area (Å²) < 4.78 is 6.95. The fourth-order valence-electron chi connectivity index (χ4n) is 3.01. The molecule has 1 aromatic heterocycles. The summed E-state index contributed by atoms with van der Waals surface area (Å²) in [5, 5.41) is 4.31. The standard InChI is InChI=1S/C23H24N2O3/c1-16-11-18(3)21(12-17(16)2)22(26)15-28-23(27)10-9-19-13-24-25(14-19)20-7-5-4-6-8-20/h4-8,11-14H,9-10,15H2,1-3H3. The maximum Gasteiger partial charge on any atom is 0.306 e. The van der Waals surface area contributed by atoms with Gasteiger partial charge >= 0.3 is 5.97 Å². The van der Waals surface area contributed by atoms with Crippen LogP contribution in [0.15, 0.2) is 54.9 Å². The molecule has 2 aromatic carbocycles. The first-order valence-corrected chi connectivity index (χ1v) is 9.29. The number of esters is 1. The van der Waals surface area contributed by atoms with Gasteiger partial charge in [0.25, 0.3) is 0 Å². The van der Waals surface area contributed by atoms with E-state index in [1.54, 1.807) is 10.9 Å². The summed E-state index contributed by atoms with van der Waals surface area (Å²) in [5.41, 5.74) is 5.61. The van der Waals surface area contributed by atoms with Crippen molar-refractivity contribution < 1.29 is 14.3 Å². The Morgan fingerprint density at radius 1 is 1.00 bits per heavy atom. The Hall–Kier alpha value is -3.21. The summed E-state index contributed by atoms with van der Waals surface area (Å²) in [6, 6.07) is 13.6. The summed E-state index contributed by atoms with van der Waals surface area (Å²) in [5.74, 6) is -0.562. The van der Waals surface area contributed by atoms with Crippen LogP contribution in [0.5, 0.6) is 0 Å². The average Bonchev–Trinajstić information content (AvgIpc) is 3.17. The van der Waals surface area contributed by atoms with Gasteiger partial charge in [0.2, 0.25) is 5.78 Å². The van der Waals surface area contributed by atoms with E-state index in [-0.39, 0.29) is 24.8 Å². The lowest BCUT2D eigenvalue weighted by Crippen LogP contribution is -2.15. The van der Waals surface area contributed by atoms with Crippen molar-refractivity contribution in [2.75, 3.05) is 6.61 Å². The van der Waals surface area contributed by atoms with E-state index < -0.39 is 0 Å². The molecule has 0 saturated carbocycles. The van der Waals surface area contributed by atoms with E-state index >= 15 is 0 Å². The van der Waals surface area contributed by atoms with Gasteiger partial charge in [0, 0.05) is 18.2 Å². The van der Waals surface area contributed by atoms with Crippen LogP contribution in [0.25, 0.3) is 5.69 Å². The Labute approximate surface area is 165 Å². The second-order valence-corrected chi connectivity index (χ2v) is 6.96. The smallest absolute Gasteiger partial charge is 0.306 e. The normalized spacial score (nSPS) is 10.7. The lowest BCUT2D eigenvalue weighted by Gasteiger charge is -2.09. The number of ketones is 1. The molecular formula is C23H24N2O3. The molecule has 0 aliphatic carbocycles. The number of rotatable bonds is 7. The van der Waals surface area contributed by atoms with Crippen molar-refractivity contribution in [3.05, 3.63) is 82.7 Å². The number of hydrogen-bond acceptors (Lipinski definition) is 4. The lowest BCUT2D eigenvalue weighted by molar-refractivity contribution is -0.142. The molecule has 0 saturated heterocycles. The van der Waals surface area contributed by atoms with Crippen LogP contribution < -0.4 is 0 Å². The van der Waals surface area contributed by atoms with Gasteiger partial charge in [-0.15, -0.1) is 0 Å². The molecule has 0 unspecified atom stereocenters. The zero-order chi connectivity index (χ0) is 20.1. The minimum Gasteiger partial charge on any atom is -0.457 e. The fourth-order valence-corrected chi connectivity index (χ4v) is 3.01. The largest absolute Gasteiger partial charge is 0.457 e. The Morgan fingerprint density at radius 3 is 2.46 bits per heavy atom. The average molecular weight is 376 g/mol. The number of carbonyl (C=O) groups is 2. The maximum absolute atomic E-state index is 12.4. The number of hydrogen-bond donors (Lipinski definition) is 0. The number of benzene rings is 2. The van der Waals surface area contributed by atoms with Gasteiger partial charge in [-0.2, -0.15) is 5.10 Å². The third kappa shape index (κ3) is 4.74. The highest BCUT2D eigenvalue weighted by molar-refractivity contribution is 5.99. The predicted octanol–water partition coefficient (Wildman–Crippen LogP) is 4.16. The number of carbonyl (C=O) groups excluding carboxylic acids is 2. The van der Waals surface area contributed by atoms with Gasteiger partial charge in [0.15, 0.2) is 6.61 Å². The SMILES string of the molecule is Cc1cc(C)c(C(=O)COC(=O)CCc2cnn(-c3ccccc3)c2)cc1C. The van der Waals surface area contributed by atoms with Crippen molar-refractivity contribution in [3.63, 3.8) is 0 Å². The number of ether oxygens (including phenoxy) is 1. The number of aryl methyl sites for hydroxylation is 4. The van der Waals surface area contributed by atoms with Crippen LogP contribution in [0.4, 0.5) is 0 Å². The second kappa shape index (κ2) is 8.65. The molecule has 0 fully saturated rings. The van der Waals surface area contributed by atoms with Crippen LogP contribution in [-0.4, -0.2) is 28.1 Å². The molecule has 0 bridgehead atoms. The molecular weight excluding hydrogens is 352 g/mol. The van der Waals surface area contributed by atoms with Gasteiger partial charge in [-0.25, -0.2) is 4.68 Å². The van der Waals surface area contributed by atoms with Gasteiger partial charge in [-0.1, -0.05) is 24.3 Å². The number of aromatic nitrogens is 2. The van der Waals surface area contributed by atoms with Crippen LogP contribution >= 0.6 is 0 Å². The topological polar surface area (TPSA) is 61.2 Å². The summed E-state index contributed by atoms with van der Waals surface area (Å²) in [6.45, 7) is 5.64. The first kappa shape index (κ1) is 19.5. The Morgan fingerprint density at radius 2 is 1.71 bits per heavy atom. The third-order valence-corrected chi connectivity index (χ3v) is 4.78. The quantitative estimate of drug-likeness (QED) is 0.459. The van der Waals surface area contributed by atoms with Gasteiger partial charge in [0.05, 0.1) is 11.9 Å². The summed E-state index contributed by atoms with van der Waals surface area (Å²) in [6.07, 6.45) is 4.36. The van der Waals surface area contributed by atoms with Gasteiger partial charge in [0.1, 0.15) is 0 Å². The number of nitrogens with zero attached hydrogens (tertiary/aromatic N) is 2. The molecule has 0 aliphatic rings. The highest BCUT2D eigenvalue weighted by Gasteiger charge is 2.14. The summed E-state index contributed by atoms with van der Waals surface area (Å²) in [7, 11) is 0. The molecule has 0 atom stereocenters. The summed E-state index contributed by atoms with van der Waals surface area (Å²) in [4.78, 5) is 24.4. The zero-order valence-electron chi connectivity index (χ0n) is 16.4. The summed E-state index contributed by atoms with van der Waals surface area (Å²) >= 11 is 0. The maximum atomic E-state index is 12.4. The fraction of sp³-hybridized carbons (Fsp3) is 0.261. The van der Waals surface area contributed by atoms with E-state index in [0.29, 0.717) is 12.0 Å². The Balaban J connectivity index is 1.51. The van der Waals surface area contributed by atoms with Gasteiger partial charge in [-0.05, 0) is 67.6 Å². The van der Waals surface area contributed by atoms with Crippen molar-refractivity contribution in [2.24, 2.45) is 0 Å². The molecule has 144 valence electrons. The van der Waals surface area contributed by atoms with Crippen LogP contribution in [0.1, 0.15) is 39.0 Å². The van der Waals surface area contributed by atoms with E-state index in [4.69, 9.17) is 4.74 Å². The highest BCUT2D eigenvalue weighted by atomic mass is 16.5. The monoisotopic (exact) mass is 376 g/mol. The van der Waals surface area contributed by atoms with Crippen molar-refractivity contribution in [3.8, 4) is 5.69 Å². The van der Waals surface area contributed by atoms with Crippen molar-refractivity contribution in [2.45, 2.75) is 33.6 Å². The first-order chi connectivity index (χ1) is 13.4. The molecule has 0 N–H and O–H groups in total. The highest BCUT2D eigenvalue weighted by Crippen LogP contribution is 2.16. The van der Waals surface area contributed by atoms with Crippen LogP contribution in [0.2, 0.25) is 0 Å². The van der Waals surface area contributed by atoms with Crippen LogP contribution in [0.3, 0.4) is 0 Å².